The van der Waals surface area contributed by atoms with E-state index in [1.54, 1.807) is 19.5 Å². The molecular formula is C12H13N3O. The average Bonchev–Trinajstić information content (AvgIpc) is 2.38. The number of hydrogen-bond acceptors (Lipinski definition) is 4. The molecule has 2 aromatic heterocycles. The molecule has 0 saturated heterocycles. The van der Waals surface area contributed by atoms with Crippen LogP contribution in [0.4, 0.5) is 5.69 Å². The highest BCUT2D eigenvalue weighted by Crippen LogP contribution is 2.26. The molecule has 0 unspecified atom stereocenters. The van der Waals surface area contributed by atoms with Crippen molar-refractivity contribution < 1.29 is 4.74 Å². The molecular weight excluding hydrogens is 202 g/mol. The van der Waals surface area contributed by atoms with Crippen LogP contribution in [0, 0.1) is 0 Å². The largest absolute Gasteiger partial charge is 0.494 e. The molecule has 0 aliphatic rings. The molecule has 0 saturated carbocycles. The van der Waals surface area contributed by atoms with Gasteiger partial charge in [-0.05, 0) is 24.3 Å². The molecule has 82 valence electrons. The number of nitrogens with zero attached hydrogens (tertiary/aromatic N) is 2. The van der Waals surface area contributed by atoms with E-state index in [-0.39, 0.29) is 0 Å². The monoisotopic (exact) mass is 215 g/mol. The number of nitrogens with one attached hydrogen (secondary N) is 1. The van der Waals surface area contributed by atoms with Crippen molar-refractivity contribution in [3.63, 3.8) is 0 Å². The van der Waals surface area contributed by atoms with Gasteiger partial charge in [-0.15, -0.1) is 0 Å². The summed E-state index contributed by atoms with van der Waals surface area (Å²) in [6.07, 6.45) is 3.47. The zero-order valence-electron chi connectivity index (χ0n) is 9.27. The summed E-state index contributed by atoms with van der Waals surface area (Å²) in [5, 5.41) is 3.07. The highest BCUT2D eigenvalue weighted by molar-refractivity contribution is 5.65. The predicted octanol–water partition coefficient (Wildman–Crippen LogP) is 2.19. The van der Waals surface area contributed by atoms with Gasteiger partial charge in [-0.1, -0.05) is 0 Å². The van der Waals surface area contributed by atoms with Gasteiger partial charge in [0, 0.05) is 25.1 Å². The van der Waals surface area contributed by atoms with Crippen LogP contribution in [0.5, 0.6) is 5.75 Å². The third-order valence-corrected chi connectivity index (χ3v) is 2.28. The van der Waals surface area contributed by atoms with E-state index in [0.717, 1.165) is 22.8 Å². The molecule has 0 fully saturated rings. The summed E-state index contributed by atoms with van der Waals surface area (Å²) in [6.45, 7) is 0. The predicted molar refractivity (Wildman–Crippen MR) is 63.6 cm³/mol. The Morgan fingerprint density at radius 1 is 1.19 bits per heavy atom. The molecule has 0 aromatic carbocycles. The summed E-state index contributed by atoms with van der Waals surface area (Å²) in [5.74, 6) is 0.725. The van der Waals surface area contributed by atoms with Gasteiger partial charge >= 0.3 is 0 Å². The first-order valence-corrected chi connectivity index (χ1v) is 4.98. The van der Waals surface area contributed by atoms with E-state index < -0.39 is 0 Å². The van der Waals surface area contributed by atoms with Crippen molar-refractivity contribution in [1.29, 1.82) is 0 Å². The molecule has 1 N–H and O–H groups in total. The lowest BCUT2D eigenvalue weighted by molar-refractivity contribution is 0.414. The Balaban J connectivity index is 2.49. The SMILES string of the molecule is CNc1ccnc(-c2ncccc2OC)c1. The van der Waals surface area contributed by atoms with Crippen LogP contribution in [-0.4, -0.2) is 24.1 Å². The first kappa shape index (κ1) is 10.4. The van der Waals surface area contributed by atoms with E-state index in [9.17, 15) is 0 Å². The summed E-state index contributed by atoms with van der Waals surface area (Å²) in [6, 6.07) is 7.55. The minimum Gasteiger partial charge on any atom is -0.494 e. The number of anilines is 1. The van der Waals surface area contributed by atoms with Crippen LogP contribution >= 0.6 is 0 Å². The van der Waals surface area contributed by atoms with Crippen molar-refractivity contribution in [2.24, 2.45) is 0 Å². The molecule has 4 heteroatoms. The van der Waals surface area contributed by atoms with Crippen LogP contribution in [-0.2, 0) is 0 Å². The van der Waals surface area contributed by atoms with Gasteiger partial charge in [-0.3, -0.25) is 9.97 Å². The number of rotatable bonds is 3. The van der Waals surface area contributed by atoms with Gasteiger partial charge in [0.2, 0.25) is 0 Å². The number of aromatic nitrogens is 2. The molecule has 0 radical (unpaired) electrons. The van der Waals surface area contributed by atoms with E-state index in [2.05, 4.69) is 15.3 Å². The minimum absolute atomic E-state index is 0.725. The molecule has 0 amide bonds. The smallest absolute Gasteiger partial charge is 0.146 e. The fraction of sp³-hybridized carbons (Fsp3) is 0.167. The van der Waals surface area contributed by atoms with Crippen molar-refractivity contribution >= 4 is 5.69 Å². The van der Waals surface area contributed by atoms with Crippen molar-refractivity contribution in [3.05, 3.63) is 36.7 Å². The summed E-state index contributed by atoms with van der Waals surface area (Å²) >= 11 is 0. The van der Waals surface area contributed by atoms with Crippen molar-refractivity contribution in [2.75, 3.05) is 19.5 Å². The molecule has 4 nitrogen and oxygen atoms in total. The van der Waals surface area contributed by atoms with Crippen LogP contribution < -0.4 is 10.1 Å². The van der Waals surface area contributed by atoms with Crippen LogP contribution in [0.15, 0.2) is 36.7 Å². The Labute approximate surface area is 94.3 Å². The maximum atomic E-state index is 5.25. The van der Waals surface area contributed by atoms with Gasteiger partial charge in [0.25, 0.3) is 0 Å². The van der Waals surface area contributed by atoms with Gasteiger partial charge in [0.15, 0.2) is 0 Å². The molecule has 16 heavy (non-hydrogen) atoms. The lowest BCUT2D eigenvalue weighted by Gasteiger charge is -2.07. The summed E-state index contributed by atoms with van der Waals surface area (Å²) < 4.78 is 5.25. The Bertz CT molecular complexity index is 485. The first-order chi connectivity index (χ1) is 7.85. The number of pyridine rings is 2. The number of ether oxygens (including phenoxy) is 1. The first-order valence-electron chi connectivity index (χ1n) is 4.98. The Hall–Kier alpha value is -2.10. The quantitative estimate of drug-likeness (QED) is 0.852. The third kappa shape index (κ3) is 1.95. The van der Waals surface area contributed by atoms with Gasteiger partial charge < -0.3 is 10.1 Å². The van der Waals surface area contributed by atoms with Crippen molar-refractivity contribution in [1.82, 2.24) is 9.97 Å². The molecule has 2 heterocycles. The standard InChI is InChI=1S/C12H13N3O/c1-13-9-5-7-14-10(8-9)12-11(16-2)4-3-6-15-12/h3-8H,1-2H3,(H,13,14). The van der Waals surface area contributed by atoms with Gasteiger partial charge in [-0.25, -0.2) is 0 Å². The van der Waals surface area contributed by atoms with Gasteiger partial charge in [-0.2, -0.15) is 0 Å². The Kier molecular flexibility index (Phi) is 3.00. The molecule has 0 bridgehead atoms. The van der Waals surface area contributed by atoms with Crippen molar-refractivity contribution in [2.45, 2.75) is 0 Å². The second-order valence-electron chi connectivity index (χ2n) is 3.23. The second-order valence-corrected chi connectivity index (χ2v) is 3.23. The van der Waals surface area contributed by atoms with E-state index in [0.29, 0.717) is 0 Å². The van der Waals surface area contributed by atoms with Crippen LogP contribution in [0.25, 0.3) is 11.4 Å². The zero-order valence-corrected chi connectivity index (χ0v) is 9.27. The zero-order chi connectivity index (χ0) is 11.4. The highest BCUT2D eigenvalue weighted by atomic mass is 16.5. The molecule has 0 aliphatic heterocycles. The van der Waals surface area contributed by atoms with E-state index >= 15 is 0 Å². The highest BCUT2D eigenvalue weighted by Gasteiger charge is 2.07. The Morgan fingerprint density at radius 2 is 2.06 bits per heavy atom. The van der Waals surface area contributed by atoms with Crippen molar-refractivity contribution in [3.8, 4) is 17.1 Å². The average molecular weight is 215 g/mol. The summed E-state index contributed by atoms with van der Waals surface area (Å²) in [5.41, 5.74) is 2.55. The van der Waals surface area contributed by atoms with Crippen LogP contribution in [0.1, 0.15) is 0 Å². The minimum atomic E-state index is 0.725. The molecule has 0 atom stereocenters. The van der Waals surface area contributed by atoms with E-state index in [4.69, 9.17) is 4.74 Å². The number of hydrogen-bond donors (Lipinski definition) is 1. The van der Waals surface area contributed by atoms with E-state index in [1.165, 1.54) is 0 Å². The molecule has 0 spiro atoms. The Morgan fingerprint density at radius 3 is 2.81 bits per heavy atom. The fourth-order valence-corrected chi connectivity index (χ4v) is 1.46. The maximum Gasteiger partial charge on any atom is 0.146 e. The van der Waals surface area contributed by atoms with Crippen LogP contribution in [0.3, 0.4) is 0 Å². The summed E-state index contributed by atoms with van der Waals surface area (Å²) in [4.78, 5) is 8.56. The summed E-state index contributed by atoms with van der Waals surface area (Å²) in [7, 11) is 3.50. The normalized spacial score (nSPS) is 9.88. The van der Waals surface area contributed by atoms with Crippen LogP contribution in [0.2, 0.25) is 0 Å². The lowest BCUT2D eigenvalue weighted by atomic mass is 10.2. The van der Waals surface area contributed by atoms with E-state index in [1.807, 2.05) is 31.3 Å². The lowest BCUT2D eigenvalue weighted by Crippen LogP contribution is -1.94. The molecule has 2 aromatic rings. The number of methoxy groups -OCH3 is 1. The maximum absolute atomic E-state index is 5.25. The third-order valence-electron chi connectivity index (χ3n) is 2.28. The topological polar surface area (TPSA) is 47.0 Å². The molecule has 0 aliphatic carbocycles. The fourth-order valence-electron chi connectivity index (χ4n) is 1.46. The molecule has 2 rings (SSSR count). The second kappa shape index (κ2) is 4.61. The van der Waals surface area contributed by atoms with Gasteiger partial charge in [0.05, 0.1) is 12.8 Å². The van der Waals surface area contributed by atoms with Gasteiger partial charge in [0.1, 0.15) is 11.4 Å².